The Balaban J connectivity index is 1.50. The van der Waals surface area contributed by atoms with Gasteiger partial charge in [-0.2, -0.15) is 0 Å². The van der Waals surface area contributed by atoms with Crippen molar-refractivity contribution in [1.29, 1.82) is 0 Å². The third-order valence-electron chi connectivity index (χ3n) is 18.1. The molecule has 18 heteroatoms. The predicted molar refractivity (Wildman–Crippen MR) is 303 cm³/mol. The van der Waals surface area contributed by atoms with E-state index in [1.807, 2.05) is 32.9 Å². The van der Waals surface area contributed by atoms with Gasteiger partial charge in [0.25, 0.3) is 5.91 Å². The first kappa shape index (κ1) is 60.1. The normalized spacial score (nSPS) is 28.5. The van der Waals surface area contributed by atoms with Crippen LogP contribution in [0.15, 0.2) is 96.1 Å². The molecule has 3 aromatic carbocycles. The van der Waals surface area contributed by atoms with Crippen molar-refractivity contribution >= 4 is 74.8 Å². The lowest BCUT2D eigenvalue weighted by atomic mass is 9.44. The van der Waals surface area contributed by atoms with E-state index in [1.165, 1.54) is 13.8 Å². The highest BCUT2D eigenvalue weighted by Gasteiger charge is 2.79. The summed E-state index contributed by atoms with van der Waals surface area (Å²) < 4.78 is 48.0. The second kappa shape index (κ2) is 23.6. The number of halogens is 1. The summed E-state index contributed by atoms with van der Waals surface area (Å²) in [6.07, 6.45) is -8.48. The van der Waals surface area contributed by atoms with E-state index >= 15 is 14.4 Å². The Hall–Kier alpha value is -4.58. The zero-order chi connectivity index (χ0) is 56.5. The molecule has 2 bridgehead atoms. The van der Waals surface area contributed by atoms with Crippen molar-refractivity contribution in [3.8, 4) is 0 Å². The minimum absolute atomic E-state index is 0.0913. The molecular weight excluding hydrogens is 1130 g/mol. The minimum atomic E-state index is -2.76. The molecule has 1 amide bonds. The Morgan fingerprint density at radius 2 is 1.36 bits per heavy atom. The van der Waals surface area contributed by atoms with Crippen molar-refractivity contribution in [3.63, 3.8) is 0 Å². The van der Waals surface area contributed by atoms with Gasteiger partial charge < -0.3 is 43.0 Å². The monoisotopic (exact) mass is 1210 g/mol. The molecule has 77 heavy (non-hydrogen) atoms. The second-order valence-corrected chi connectivity index (χ2v) is 32.9. The first-order valence-corrected chi connectivity index (χ1v) is 33.4. The SMILES string of the molecule is CC[Si](CC)(CC)O[C@H]1C[C@H]2OC[C@@]2(OC(C)=O)[C@H]2[C@H](OC(=O)c3cccc(I)c3)[C@]3(O)C[C@H](OC(=O)[C@H](O[Si](CC)(CC)CC)[C@@H](NC(=O)c4ccccc4)c4ccccc4)C(C)=C([C@@H](OC(C)=O)C(=O)[C@]12C)C3(C)C. The van der Waals surface area contributed by atoms with Gasteiger partial charge in [0.2, 0.25) is 0 Å². The van der Waals surface area contributed by atoms with Gasteiger partial charge in [-0.1, -0.05) is 110 Å². The molecule has 418 valence electrons. The highest BCUT2D eigenvalue weighted by atomic mass is 127. The number of Topliss-reactive ketones (excluding diaryl/α,β-unsaturated/α-hetero) is 1. The van der Waals surface area contributed by atoms with Crippen molar-refractivity contribution in [2.75, 3.05) is 6.61 Å². The molecule has 0 spiro atoms. The Bertz CT molecular complexity index is 2700. The number of esters is 4. The van der Waals surface area contributed by atoms with Crippen molar-refractivity contribution in [3.05, 3.63) is 116 Å². The van der Waals surface area contributed by atoms with Crippen molar-refractivity contribution < 1.29 is 66.4 Å². The number of rotatable bonds is 20. The number of nitrogens with one attached hydrogen (secondary N) is 1. The van der Waals surface area contributed by atoms with E-state index in [0.29, 0.717) is 53.0 Å². The number of benzene rings is 3. The number of carbonyl (C=O) groups excluding carboxylic acids is 6. The summed E-state index contributed by atoms with van der Waals surface area (Å²) in [5, 5.41) is 17.6. The van der Waals surface area contributed by atoms with Gasteiger partial charge in [0.05, 0.1) is 35.6 Å². The van der Waals surface area contributed by atoms with Crippen LogP contribution in [0.3, 0.4) is 0 Å². The zero-order valence-corrected chi connectivity index (χ0v) is 50.9. The summed E-state index contributed by atoms with van der Waals surface area (Å²) in [5.74, 6) is -5.71. The maximum Gasteiger partial charge on any atom is 0.338 e. The highest BCUT2D eigenvalue weighted by Crippen LogP contribution is 2.65. The van der Waals surface area contributed by atoms with Gasteiger partial charge in [-0.3, -0.25) is 19.2 Å². The molecule has 3 aromatic rings. The van der Waals surface area contributed by atoms with Crippen LogP contribution in [0.5, 0.6) is 0 Å². The number of amides is 1. The van der Waals surface area contributed by atoms with Crippen LogP contribution in [0.1, 0.15) is 128 Å². The van der Waals surface area contributed by atoms with Crippen LogP contribution < -0.4 is 5.32 Å². The molecule has 1 heterocycles. The molecule has 1 aliphatic heterocycles. The van der Waals surface area contributed by atoms with E-state index in [0.717, 1.165) is 3.57 Å². The van der Waals surface area contributed by atoms with Gasteiger partial charge in [0, 0.05) is 41.2 Å². The van der Waals surface area contributed by atoms with Crippen molar-refractivity contribution in [2.24, 2.45) is 16.7 Å². The van der Waals surface area contributed by atoms with Crippen LogP contribution in [0, 0.1) is 20.3 Å². The molecular formula is C59H78INO14Si2. The molecule has 2 saturated carbocycles. The Kier molecular flexibility index (Phi) is 18.4. The number of hydrogen-bond acceptors (Lipinski definition) is 14. The quantitative estimate of drug-likeness (QED) is 0.0356. The molecule has 15 nitrogen and oxygen atoms in total. The van der Waals surface area contributed by atoms with Gasteiger partial charge >= 0.3 is 23.9 Å². The smallest absolute Gasteiger partial charge is 0.338 e. The summed E-state index contributed by atoms with van der Waals surface area (Å²) >= 11 is 2.09. The highest BCUT2D eigenvalue weighted by molar-refractivity contribution is 14.1. The molecule has 7 rings (SSSR count). The van der Waals surface area contributed by atoms with Gasteiger partial charge in [-0.05, 0) is 120 Å². The van der Waals surface area contributed by atoms with Crippen LogP contribution in [0.2, 0.25) is 36.3 Å². The largest absolute Gasteiger partial charge is 0.456 e. The maximum atomic E-state index is 16.7. The van der Waals surface area contributed by atoms with Crippen LogP contribution in [0.25, 0.3) is 0 Å². The fourth-order valence-corrected chi connectivity index (χ4v) is 19.3. The summed E-state index contributed by atoms with van der Waals surface area (Å²) in [7, 11) is -5.41. The number of ether oxygens (including phenoxy) is 5. The average Bonchev–Trinajstić information content (AvgIpc) is 3.60. The number of aliphatic hydroxyl groups is 1. The van der Waals surface area contributed by atoms with E-state index in [2.05, 4.69) is 48.7 Å². The van der Waals surface area contributed by atoms with Crippen LogP contribution >= 0.6 is 22.6 Å². The minimum Gasteiger partial charge on any atom is -0.456 e. The van der Waals surface area contributed by atoms with E-state index in [1.54, 1.807) is 100 Å². The summed E-state index contributed by atoms with van der Waals surface area (Å²) in [6.45, 7) is 21.2. The Labute approximate surface area is 469 Å². The molecule has 2 N–H and O–H groups in total. The molecule has 0 radical (unpaired) electrons. The molecule has 0 unspecified atom stereocenters. The van der Waals surface area contributed by atoms with Gasteiger partial charge in [0.15, 0.2) is 40.2 Å². The fraction of sp³-hybridized carbons (Fsp3) is 0.559. The van der Waals surface area contributed by atoms with E-state index in [-0.39, 0.29) is 24.2 Å². The fourth-order valence-electron chi connectivity index (χ4n) is 13.0. The van der Waals surface area contributed by atoms with E-state index in [9.17, 15) is 19.5 Å². The molecule has 3 fully saturated rings. The van der Waals surface area contributed by atoms with E-state index < -0.39 is 129 Å². The van der Waals surface area contributed by atoms with E-state index in [4.69, 9.17) is 32.5 Å². The lowest BCUT2D eigenvalue weighted by Gasteiger charge is -2.68. The average molecular weight is 1210 g/mol. The van der Waals surface area contributed by atoms with Crippen LogP contribution in [0.4, 0.5) is 0 Å². The van der Waals surface area contributed by atoms with Crippen molar-refractivity contribution in [1.82, 2.24) is 5.32 Å². The van der Waals surface area contributed by atoms with Crippen LogP contribution in [-0.4, -0.2) is 112 Å². The summed E-state index contributed by atoms with van der Waals surface area (Å²) in [5.41, 5.74) is -5.94. The lowest BCUT2D eigenvalue weighted by molar-refractivity contribution is -0.344. The summed E-state index contributed by atoms with van der Waals surface area (Å²) in [6, 6.07) is 27.3. The first-order chi connectivity index (χ1) is 36.4. The molecule has 0 aromatic heterocycles. The molecule has 11 atom stereocenters. The van der Waals surface area contributed by atoms with Gasteiger partial charge in [-0.15, -0.1) is 0 Å². The molecule has 4 aliphatic rings. The third-order valence-corrected chi connectivity index (χ3v) is 28.1. The lowest BCUT2D eigenvalue weighted by Crippen LogP contribution is -2.82. The number of hydrogen-bond donors (Lipinski definition) is 2. The zero-order valence-electron chi connectivity index (χ0n) is 46.7. The maximum absolute atomic E-state index is 16.7. The predicted octanol–water partition coefficient (Wildman–Crippen LogP) is 10.4. The number of carbonyl (C=O) groups is 6. The second-order valence-electron chi connectivity index (χ2n) is 22.2. The standard InChI is InChI=1S/C59H78INO14Si2/c1-13-76(14-2,15-3)74-44-33-45-58(35-69-45,73-38(9)63)50-52(72-54(66)41-30-25-31-42(60)32-41)59(68)34-43(36(7)46(56(59,10)11)48(70-37(8)62)51(64)57(44,50)12)71-55(67)49(75-77(16-4,17-5)18-6)47(39-26-21-19-22-27-39)61-53(65)40-28-23-20-24-29-40/h19-32,43-45,47-50,52,68H,13-18,33-35H2,1-12H3,(H,61,65)/t43-,44-,45+,47-,48+,49+,50-,52-,57+,58-,59+/m0/s1. The molecule has 1 saturated heterocycles. The van der Waals surface area contributed by atoms with Gasteiger partial charge in [0.1, 0.15) is 23.9 Å². The molecule has 3 aliphatic carbocycles. The third kappa shape index (κ3) is 11.1. The number of fused-ring (bicyclic) bond motifs is 5. The Morgan fingerprint density at radius 1 is 0.779 bits per heavy atom. The van der Waals surface area contributed by atoms with Crippen molar-refractivity contribution in [2.45, 2.75) is 186 Å². The number of ketones is 1. The van der Waals surface area contributed by atoms with Crippen LogP contribution in [-0.2, 0) is 51.7 Å². The Morgan fingerprint density at radius 3 is 1.90 bits per heavy atom. The summed E-state index contributed by atoms with van der Waals surface area (Å²) in [4.78, 5) is 89.0. The van der Waals surface area contributed by atoms with Gasteiger partial charge in [-0.25, -0.2) is 9.59 Å². The topological polar surface area (TPSA) is 199 Å². The first-order valence-electron chi connectivity index (χ1n) is 27.3.